The molecule has 0 aliphatic carbocycles. The Labute approximate surface area is 109 Å². The van der Waals surface area contributed by atoms with Gasteiger partial charge in [0.05, 0.1) is 23.0 Å². The molecular formula is C11H15N3O3S. The van der Waals surface area contributed by atoms with Gasteiger partial charge in [0.15, 0.2) is 5.00 Å². The highest BCUT2D eigenvalue weighted by molar-refractivity contribution is 7.16. The van der Waals surface area contributed by atoms with Crippen LogP contribution in [0.25, 0.3) is 0 Å². The van der Waals surface area contributed by atoms with E-state index in [1.54, 1.807) is 25.8 Å². The van der Waals surface area contributed by atoms with Gasteiger partial charge in [-0.25, -0.2) is 0 Å². The molecule has 1 aromatic heterocycles. The summed E-state index contributed by atoms with van der Waals surface area (Å²) in [5.74, 6) is -0.216. The van der Waals surface area contributed by atoms with Crippen molar-refractivity contribution >= 4 is 22.0 Å². The van der Waals surface area contributed by atoms with Crippen LogP contribution in [-0.2, 0) is 0 Å². The van der Waals surface area contributed by atoms with Gasteiger partial charge in [-0.1, -0.05) is 0 Å². The smallest absolute Gasteiger partial charge is 0.304 e. The lowest BCUT2D eigenvalue weighted by Gasteiger charge is -2.17. The third-order valence-corrected chi connectivity index (χ3v) is 3.84. The van der Waals surface area contributed by atoms with Crippen molar-refractivity contribution in [1.82, 2.24) is 0 Å². The maximum atomic E-state index is 11.0. The van der Waals surface area contributed by atoms with Crippen LogP contribution in [0, 0.1) is 27.4 Å². The van der Waals surface area contributed by atoms with Crippen molar-refractivity contribution in [3.8, 4) is 6.07 Å². The first-order chi connectivity index (χ1) is 8.36. The fourth-order valence-electron chi connectivity index (χ4n) is 1.53. The molecule has 0 amide bonds. The van der Waals surface area contributed by atoms with Gasteiger partial charge in [-0.2, -0.15) is 5.26 Å². The van der Waals surface area contributed by atoms with Gasteiger partial charge in [-0.05, 0) is 13.8 Å². The molecule has 6 nitrogen and oxygen atoms in total. The second kappa shape index (κ2) is 5.80. The maximum Gasteiger partial charge on any atom is 0.304 e. The van der Waals surface area contributed by atoms with Gasteiger partial charge < -0.3 is 10.0 Å². The van der Waals surface area contributed by atoms with Crippen LogP contribution >= 0.6 is 11.3 Å². The van der Waals surface area contributed by atoms with E-state index >= 15 is 0 Å². The van der Waals surface area contributed by atoms with Gasteiger partial charge in [-0.3, -0.25) is 10.1 Å². The van der Waals surface area contributed by atoms with Crippen molar-refractivity contribution in [1.29, 1.82) is 5.26 Å². The standard InChI is InChI=1S/C11H15N3O3S/c1-7(5-12)6-13(3)11-9(14(16)17)4-10(18-11)8(2)15/h4,7-8,15H,6H2,1-3H3/t7?,8-/m0/s1. The third-order valence-electron chi connectivity index (χ3n) is 2.44. The largest absolute Gasteiger partial charge is 0.388 e. The van der Waals surface area contributed by atoms with E-state index in [0.29, 0.717) is 16.4 Å². The fourth-order valence-corrected chi connectivity index (χ4v) is 2.57. The first-order valence-electron chi connectivity index (χ1n) is 5.43. The Balaban J connectivity index is 3.06. The number of nitro groups is 1. The Hall–Kier alpha value is -1.65. The summed E-state index contributed by atoms with van der Waals surface area (Å²) in [5.41, 5.74) is -0.0245. The summed E-state index contributed by atoms with van der Waals surface area (Å²) in [7, 11) is 1.71. The van der Waals surface area contributed by atoms with Crippen molar-refractivity contribution in [2.24, 2.45) is 5.92 Å². The molecule has 0 radical (unpaired) electrons. The number of rotatable bonds is 5. The quantitative estimate of drug-likeness (QED) is 0.654. The van der Waals surface area contributed by atoms with Crippen LogP contribution in [0.4, 0.5) is 10.7 Å². The second-order valence-corrected chi connectivity index (χ2v) is 5.25. The Morgan fingerprint density at radius 3 is 2.72 bits per heavy atom. The highest BCUT2D eigenvalue weighted by Crippen LogP contribution is 2.39. The Morgan fingerprint density at radius 1 is 1.67 bits per heavy atom. The molecule has 2 atom stereocenters. The Bertz CT molecular complexity index is 478. The predicted octanol–water partition coefficient (Wildman–Crippen LogP) is 2.31. The van der Waals surface area contributed by atoms with Crippen LogP contribution in [0.15, 0.2) is 6.07 Å². The zero-order valence-corrected chi connectivity index (χ0v) is 11.3. The molecule has 0 bridgehead atoms. The normalized spacial score (nSPS) is 13.7. The molecule has 7 heteroatoms. The number of aliphatic hydroxyl groups excluding tert-OH is 1. The van der Waals surface area contributed by atoms with E-state index in [1.165, 1.54) is 17.4 Å². The minimum Gasteiger partial charge on any atom is -0.388 e. The van der Waals surface area contributed by atoms with Crippen molar-refractivity contribution in [3.05, 3.63) is 21.1 Å². The molecule has 0 aliphatic rings. The van der Waals surface area contributed by atoms with Crippen molar-refractivity contribution < 1.29 is 10.0 Å². The number of nitriles is 1. The monoisotopic (exact) mass is 269 g/mol. The predicted molar refractivity (Wildman–Crippen MR) is 69.7 cm³/mol. The zero-order valence-electron chi connectivity index (χ0n) is 10.5. The van der Waals surface area contributed by atoms with Crippen molar-refractivity contribution in [3.63, 3.8) is 0 Å². The summed E-state index contributed by atoms with van der Waals surface area (Å²) in [6, 6.07) is 3.47. The first kappa shape index (κ1) is 14.4. The molecule has 1 N–H and O–H groups in total. The SMILES string of the molecule is CC(C#N)CN(C)c1sc([C@H](C)O)cc1[N+](=O)[O-]. The zero-order chi connectivity index (χ0) is 13.9. The number of nitrogens with zero attached hydrogens (tertiary/aromatic N) is 3. The van der Waals surface area contributed by atoms with Crippen LogP contribution in [0.5, 0.6) is 0 Å². The van der Waals surface area contributed by atoms with Gasteiger partial charge >= 0.3 is 5.69 Å². The Kier molecular flexibility index (Phi) is 4.64. The molecule has 0 saturated carbocycles. The minimum absolute atomic E-state index is 0.0245. The molecule has 98 valence electrons. The van der Waals surface area contributed by atoms with Crippen molar-refractivity contribution in [2.45, 2.75) is 20.0 Å². The minimum atomic E-state index is -0.732. The van der Waals surface area contributed by atoms with Gasteiger partial charge in [0.1, 0.15) is 0 Å². The number of thiophene rings is 1. The lowest BCUT2D eigenvalue weighted by molar-refractivity contribution is -0.383. The van der Waals surface area contributed by atoms with E-state index in [0.717, 1.165) is 0 Å². The molecule has 0 saturated heterocycles. The van der Waals surface area contributed by atoms with Crippen LogP contribution in [-0.4, -0.2) is 23.6 Å². The molecule has 1 unspecified atom stereocenters. The summed E-state index contributed by atoms with van der Waals surface area (Å²) < 4.78 is 0. The van der Waals surface area contributed by atoms with E-state index in [9.17, 15) is 15.2 Å². The van der Waals surface area contributed by atoms with Crippen LogP contribution in [0.1, 0.15) is 24.8 Å². The van der Waals surface area contributed by atoms with Crippen LogP contribution < -0.4 is 4.90 Å². The van der Waals surface area contributed by atoms with Gasteiger partial charge in [0.25, 0.3) is 0 Å². The summed E-state index contributed by atoms with van der Waals surface area (Å²) in [5, 5.41) is 29.7. The van der Waals surface area contributed by atoms with E-state index < -0.39 is 11.0 Å². The number of aliphatic hydroxyl groups is 1. The third kappa shape index (κ3) is 3.18. The average Bonchev–Trinajstić information content (AvgIpc) is 2.73. The topological polar surface area (TPSA) is 90.4 Å². The summed E-state index contributed by atoms with van der Waals surface area (Å²) >= 11 is 1.18. The first-order valence-corrected chi connectivity index (χ1v) is 6.25. The highest BCUT2D eigenvalue weighted by Gasteiger charge is 2.24. The average molecular weight is 269 g/mol. The molecule has 0 fully saturated rings. The number of hydrogen-bond donors (Lipinski definition) is 1. The number of anilines is 1. The van der Waals surface area contributed by atoms with E-state index in [4.69, 9.17) is 5.26 Å². The van der Waals surface area contributed by atoms with E-state index in [-0.39, 0.29) is 11.6 Å². The molecule has 18 heavy (non-hydrogen) atoms. The van der Waals surface area contributed by atoms with E-state index in [2.05, 4.69) is 6.07 Å². The highest BCUT2D eigenvalue weighted by atomic mass is 32.1. The van der Waals surface area contributed by atoms with Gasteiger partial charge in [-0.15, -0.1) is 11.3 Å². The van der Waals surface area contributed by atoms with Crippen LogP contribution in [0.3, 0.4) is 0 Å². The summed E-state index contributed by atoms with van der Waals surface area (Å²) in [6.45, 7) is 3.74. The molecule has 0 spiro atoms. The lowest BCUT2D eigenvalue weighted by atomic mass is 10.2. The molecular weight excluding hydrogens is 254 g/mol. The van der Waals surface area contributed by atoms with Gasteiger partial charge in [0, 0.05) is 24.5 Å². The van der Waals surface area contributed by atoms with Gasteiger partial charge in [0.2, 0.25) is 0 Å². The Morgan fingerprint density at radius 2 is 2.28 bits per heavy atom. The summed E-state index contributed by atoms with van der Waals surface area (Å²) in [6.07, 6.45) is -0.732. The van der Waals surface area contributed by atoms with E-state index in [1.807, 2.05) is 0 Å². The molecule has 0 aliphatic heterocycles. The lowest BCUT2D eigenvalue weighted by Crippen LogP contribution is -2.22. The maximum absolute atomic E-state index is 11.0. The molecule has 1 rings (SSSR count). The fraction of sp³-hybridized carbons (Fsp3) is 0.545. The molecule has 1 heterocycles. The number of hydrogen-bond acceptors (Lipinski definition) is 6. The van der Waals surface area contributed by atoms with Crippen molar-refractivity contribution in [2.75, 3.05) is 18.5 Å². The molecule has 0 aromatic carbocycles. The molecule has 1 aromatic rings. The second-order valence-electron chi connectivity index (χ2n) is 4.18. The summed E-state index contributed by atoms with van der Waals surface area (Å²) in [4.78, 5) is 12.7. The van der Waals surface area contributed by atoms with Crippen LogP contribution in [0.2, 0.25) is 0 Å².